The molecule has 0 amide bonds. The first-order valence-corrected chi connectivity index (χ1v) is 4.83. The molecule has 0 aliphatic heterocycles. The van der Waals surface area contributed by atoms with Crippen molar-refractivity contribution < 1.29 is 19.1 Å². The van der Waals surface area contributed by atoms with E-state index >= 15 is 0 Å². The molecule has 0 aliphatic carbocycles. The third-order valence-electron chi connectivity index (χ3n) is 2.29. The normalized spacial score (nSPS) is 11.7. The molecule has 86 valence electrons. The fourth-order valence-electron chi connectivity index (χ4n) is 1.53. The number of ether oxygens (including phenoxy) is 2. The Morgan fingerprint density at radius 1 is 1.19 bits per heavy atom. The smallest absolute Gasteiger partial charge is 0.320 e. The molecule has 0 aromatic heterocycles. The number of benzene rings is 1. The van der Waals surface area contributed by atoms with Gasteiger partial charge in [0.25, 0.3) is 0 Å². The zero-order valence-corrected chi connectivity index (χ0v) is 9.52. The van der Waals surface area contributed by atoms with Gasteiger partial charge in [-0.2, -0.15) is 0 Å². The molecule has 1 atom stereocenters. The molecular weight excluding hydrogens is 208 g/mol. The summed E-state index contributed by atoms with van der Waals surface area (Å²) in [5.41, 5.74) is 0.532. The van der Waals surface area contributed by atoms with Crippen molar-refractivity contribution in [2.24, 2.45) is 0 Å². The highest BCUT2D eigenvalue weighted by Gasteiger charge is 2.28. The Hall–Kier alpha value is -1.84. The van der Waals surface area contributed by atoms with Crippen molar-refractivity contribution in [2.45, 2.75) is 12.8 Å². The van der Waals surface area contributed by atoms with Crippen LogP contribution in [0.2, 0.25) is 0 Å². The zero-order valence-electron chi connectivity index (χ0n) is 9.52. The number of methoxy groups -OCH3 is 2. The van der Waals surface area contributed by atoms with Crippen LogP contribution in [0, 0.1) is 0 Å². The highest BCUT2D eigenvalue weighted by Crippen LogP contribution is 2.27. The van der Waals surface area contributed by atoms with Gasteiger partial charge in [-0.1, -0.05) is 18.2 Å². The third kappa shape index (κ3) is 2.39. The van der Waals surface area contributed by atoms with E-state index < -0.39 is 11.9 Å². The predicted molar refractivity (Wildman–Crippen MR) is 58.4 cm³/mol. The fourth-order valence-corrected chi connectivity index (χ4v) is 1.53. The maximum atomic E-state index is 11.5. The second-order valence-electron chi connectivity index (χ2n) is 3.31. The van der Waals surface area contributed by atoms with Gasteiger partial charge in [-0.3, -0.25) is 9.59 Å². The number of hydrogen-bond acceptors (Lipinski definition) is 4. The van der Waals surface area contributed by atoms with Crippen LogP contribution in [0.4, 0.5) is 0 Å². The van der Waals surface area contributed by atoms with Crippen molar-refractivity contribution in [1.82, 2.24) is 0 Å². The van der Waals surface area contributed by atoms with Crippen LogP contribution in [0.15, 0.2) is 24.3 Å². The molecule has 0 spiro atoms. The highest BCUT2D eigenvalue weighted by atomic mass is 16.5. The molecule has 1 aromatic rings. The summed E-state index contributed by atoms with van der Waals surface area (Å²) in [5.74, 6) is -1.25. The second kappa shape index (κ2) is 5.30. The van der Waals surface area contributed by atoms with Gasteiger partial charge >= 0.3 is 5.97 Å². The van der Waals surface area contributed by atoms with Gasteiger partial charge < -0.3 is 9.47 Å². The maximum Gasteiger partial charge on any atom is 0.320 e. The average molecular weight is 222 g/mol. The Kier molecular flexibility index (Phi) is 4.05. The van der Waals surface area contributed by atoms with Crippen molar-refractivity contribution in [3.8, 4) is 5.75 Å². The minimum Gasteiger partial charge on any atom is -0.496 e. The topological polar surface area (TPSA) is 52.6 Å². The Balaban J connectivity index is 3.20. The van der Waals surface area contributed by atoms with Crippen LogP contribution in [0.1, 0.15) is 18.4 Å². The molecule has 0 heterocycles. The minimum absolute atomic E-state index is 0.267. The van der Waals surface area contributed by atoms with Crippen molar-refractivity contribution in [2.75, 3.05) is 14.2 Å². The first-order chi connectivity index (χ1) is 7.61. The summed E-state index contributed by atoms with van der Waals surface area (Å²) in [4.78, 5) is 23.0. The van der Waals surface area contributed by atoms with Crippen molar-refractivity contribution in [3.63, 3.8) is 0 Å². The third-order valence-corrected chi connectivity index (χ3v) is 2.29. The van der Waals surface area contributed by atoms with E-state index in [1.54, 1.807) is 24.3 Å². The van der Waals surface area contributed by atoms with Gasteiger partial charge in [0.15, 0.2) is 0 Å². The molecular formula is C12H14O4. The SMILES string of the molecule is COC(=O)C(C(C)=O)c1ccccc1OC. The van der Waals surface area contributed by atoms with Crippen molar-refractivity contribution in [3.05, 3.63) is 29.8 Å². The van der Waals surface area contributed by atoms with Crippen LogP contribution in [-0.2, 0) is 14.3 Å². The van der Waals surface area contributed by atoms with E-state index in [2.05, 4.69) is 4.74 Å². The Labute approximate surface area is 94.2 Å². The van der Waals surface area contributed by atoms with E-state index in [1.807, 2.05) is 0 Å². The molecule has 1 aromatic carbocycles. The molecule has 0 fully saturated rings. The molecule has 16 heavy (non-hydrogen) atoms. The van der Waals surface area contributed by atoms with Crippen LogP contribution >= 0.6 is 0 Å². The van der Waals surface area contributed by atoms with Gasteiger partial charge in [0.1, 0.15) is 17.5 Å². The molecule has 1 unspecified atom stereocenters. The van der Waals surface area contributed by atoms with Gasteiger partial charge in [0, 0.05) is 5.56 Å². The van der Waals surface area contributed by atoms with Gasteiger partial charge in [-0.15, -0.1) is 0 Å². The largest absolute Gasteiger partial charge is 0.496 e. The van der Waals surface area contributed by atoms with Crippen LogP contribution in [0.3, 0.4) is 0 Å². The highest BCUT2D eigenvalue weighted by molar-refractivity contribution is 6.03. The summed E-state index contributed by atoms with van der Waals surface area (Å²) in [6, 6.07) is 6.91. The van der Waals surface area contributed by atoms with E-state index in [4.69, 9.17) is 4.74 Å². The molecule has 4 heteroatoms. The number of para-hydroxylation sites is 1. The molecule has 0 N–H and O–H groups in total. The van der Waals surface area contributed by atoms with Crippen LogP contribution in [0.25, 0.3) is 0 Å². The van der Waals surface area contributed by atoms with Gasteiger partial charge in [0.2, 0.25) is 0 Å². The number of carbonyl (C=O) groups is 2. The zero-order chi connectivity index (χ0) is 12.1. The number of hydrogen-bond donors (Lipinski definition) is 0. The van der Waals surface area contributed by atoms with E-state index in [-0.39, 0.29) is 5.78 Å². The minimum atomic E-state index is -0.916. The van der Waals surface area contributed by atoms with Gasteiger partial charge in [0.05, 0.1) is 14.2 Å². The number of carbonyl (C=O) groups excluding carboxylic acids is 2. The summed E-state index contributed by atoms with van der Waals surface area (Å²) >= 11 is 0. The predicted octanol–water partition coefficient (Wildman–Crippen LogP) is 1.54. The van der Waals surface area contributed by atoms with E-state index in [0.29, 0.717) is 11.3 Å². The standard InChI is InChI=1S/C12H14O4/c1-8(13)11(12(14)16-3)9-6-4-5-7-10(9)15-2/h4-7,11H,1-3H3. The monoisotopic (exact) mass is 222 g/mol. The van der Waals surface area contributed by atoms with Crippen LogP contribution in [0.5, 0.6) is 5.75 Å². The van der Waals surface area contributed by atoms with E-state index in [0.717, 1.165) is 0 Å². The second-order valence-corrected chi connectivity index (χ2v) is 3.31. The summed E-state index contributed by atoms with van der Waals surface area (Å²) in [5, 5.41) is 0. The molecule has 1 rings (SSSR count). The fraction of sp³-hybridized carbons (Fsp3) is 0.333. The Bertz CT molecular complexity index is 398. The first-order valence-electron chi connectivity index (χ1n) is 4.83. The molecule has 0 radical (unpaired) electrons. The molecule has 0 bridgehead atoms. The van der Waals surface area contributed by atoms with E-state index in [1.165, 1.54) is 21.1 Å². The summed E-state index contributed by atoms with van der Waals surface area (Å²) in [7, 11) is 2.75. The summed E-state index contributed by atoms with van der Waals surface area (Å²) < 4.78 is 9.72. The number of ketones is 1. The average Bonchev–Trinajstić information content (AvgIpc) is 2.29. The molecule has 4 nitrogen and oxygen atoms in total. The number of esters is 1. The van der Waals surface area contributed by atoms with Crippen molar-refractivity contribution in [1.29, 1.82) is 0 Å². The van der Waals surface area contributed by atoms with Crippen LogP contribution < -0.4 is 4.74 Å². The number of rotatable bonds is 4. The van der Waals surface area contributed by atoms with Crippen LogP contribution in [-0.4, -0.2) is 26.0 Å². The Morgan fingerprint density at radius 3 is 2.31 bits per heavy atom. The lowest BCUT2D eigenvalue weighted by atomic mass is 9.95. The maximum absolute atomic E-state index is 11.5. The lowest BCUT2D eigenvalue weighted by Gasteiger charge is -2.14. The molecule has 0 aliphatic rings. The summed E-state index contributed by atoms with van der Waals surface area (Å²) in [6.07, 6.45) is 0. The van der Waals surface area contributed by atoms with Gasteiger partial charge in [-0.05, 0) is 13.0 Å². The first kappa shape index (κ1) is 12.2. The van der Waals surface area contributed by atoms with E-state index in [9.17, 15) is 9.59 Å². The number of Topliss-reactive ketones (excluding diaryl/α,β-unsaturated/α-hetero) is 1. The van der Waals surface area contributed by atoms with Gasteiger partial charge in [-0.25, -0.2) is 0 Å². The Morgan fingerprint density at radius 2 is 1.81 bits per heavy atom. The quantitative estimate of drug-likeness (QED) is 0.572. The molecule has 0 saturated carbocycles. The van der Waals surface area contributed by atoms with Crippen molar-refractivity contribution >= 4 is 11.8 Å². The lowest BCUT2D eigenvalue weighted by Crippen LogP contribution is -2.21. The summed E-state index contributed by atoms with van der Waals surface area (Å²) in [6.45, 7) is 1.36. The molecule has 0 saturated heterocycles. The lowest BCUT2D eigenvalue weighted by molar-refractivity contribution is -0.145.